The second-order valence-corrected chi connectivity index (χ2v) is 6.30. The molecule has 0 spiro atoms. The summed E-state index contributed by atoms with van der Waals surface area (Å²) in [4.78, 5) is 18.1. The molecule has 2 N–H and O–H groups in total. The molecule has 0 fully saturated rings. The fraction of sp³-hybridized carbons (Fsp3) is 0.238. The number of aromatic nitrogens is 1. The van der Waals surface area contributed by atoms with Crippen LogP contribution in [-0.4, -0.2) is 22.3 Å². The van der Waals surface area contributed by atoms with Gasteiger partial charge in [0.25, 0.3) is 0 Å². The van der Waals surface area contributed by atoms with Crippen molar-refractivity contribution in [1.82, 2.24) is 9.88 Å². The summed E-state index contributed by atoms with van der Waals surface area (Å²) in [5.41, 5.74) is 8.35. The van der Waals surface area contributed by atoms with Gasteiger partial charge >= 0.3 is 0 Å². The van der Waals surface area contributed by atoms with Crippen LogP contribution in [-0.2, 0) is 17.9 Å². The van der Waals surface area contributed by atoms with E-state index in [-0.39, 0.29) is 5.91 Å². The number of carbonyl (C=O) groups is 1. The van der Waals surface area contributed by atoms with E-state index in [0.29, 0.717) is 25.4 Å². The summed E-state index contributed by atoms with van der Waals surface area (Å²) in [6, 6.07) is 20.0. The molecular weight excluding hydrogens is 326 g/mol. The van der Waals surface area contributed by atoms with E-state index in [2.05, 4.69) is 22.0 Å². The first-order valence-corrected chi connectivity index (χ1v) is 8.68. The molecule has 5 nitrogen and oxygen atoms in total. The molecule has 26 heavy (non-hydrogen) atoms. The Balaban J connectivity index is 1.77. The predicted molar refractivity (Wildman–Crippen MR) is 101 cm³/mol. The SMILES string of the molecule is Cc1oc(-c2ccccc2)nc1CN(CCC(N)=O)Cc1ccccc1. The first-order chi connectivity index (χ1) is 12.6. The summed E-state index contributed by atoms with van der Waals surface area (Å²) in [5, 5.41) is 0. The lowest BCUT2D eigenvalue weighted by Crippen LogP contribution is -2.28. The van der Waals surface area contributed by atoms with E-state index in [1.165, 1.54) is 5.56 Å². The number of hydrogen-bond donors (Lipinski definition) is 1. The normalized spacial score (nSPS) is 11.0. The highest BCUT2D eigenvalue weighted by atomic mass is 16.4. The third-order valence-electron chi connectivity index (χ3n) is 4.21. The minimum Gasteiger partial charge on any atom is -0.441 e. The van der Waals surface area contributed by atoms with Crippen molar-refractivity contribution in [2.24, 2.45) is 5.73 Å². The number of nitrogens with two attached hydrogens (primary N) is 1. The first-order valence-electron chi connectivity index (χ1n) is 8.68. The molecule has 2 aromatic carbocycles. The first kappa shape index (κ1) is 17.9. The highest BCUT2D eigenvalue weighted by Crippen LogP contribution is 2.22. The molecule has 0 aliphatic carbocycles. The monoisotopic (exact) mass is 349 g/mol. The maximum atomic E-state index is 11.2. The minimum absolute atomic E-state index is 0.301. The van der Waals surface area contributed by atoms with Crippen LogP contribution >= 0.6 is 0 Å². The molecule has 3 aromatic rings. The molecule has 1 heterocycles. The number of carbonyl (C=O) groups excluding carboxylic acids is 1. The van der Waals surface area contributed by atoms with E-state index in [9.17, 15) is 4.79 Å². The molecule has 3 rings (SSSR count). The standard InChI is InChI=1S/C21H23N3O2/c1-16-19(23-21(26-16)18-10-6-3-7-11-18)15-24(13-12-20(22)25)14-17-8-4-2-5-9-17/h2-11H,12-15H2,1H3,(H2,22,25). The van der Waals surface area contributed by atoms with Crippen molar-refractivity contribution in [2.45, 2.75) is 26.4 Å². The van der Waals surface area contributed by atoms with E-state index in [4.69, 9.17) is 10.2 Å². The summed E-state index contributed by atoms with van der Waals surface area (Å²) in [6.07, 6.45) is 0.315. The van der Waals surface area contributed by atoms with E-state index in [1.807, 2.05) is 55.5 Å². The minimum atomic E-state index is -0.301. The highest BCUT2D eigenvalue weighted by Gasteiger charge is 2.16. The van der Waals surface area contributed by atoms with Gasteiger partial charge in [-0.25, -0.2) is 4.98 Å². The molecule has 0 aliphatic heterocycles. The summed E-state index contributed by atoms with van der Waals surface area (Å²) in [6.45, 7) is 3.83. The number of benzene rings is 2. The topological polar surface area (TPSA) is 72.4 Å². The van der Waals surface area contributed by atoms with Crippen LogP contribution in [0.5, 0.6) is 0 Å². The summed E-state index contributed by atoms with van der Waals surface area (Å²) in [7, 11) is 0. The Labute approximate surface area is 153 Å². The van der Waals surface area contributed by atoms with E-state index in [0.717, 1.165) is 23.6 Å². The van der Waals surface area contributed by atoms with Gasteiger partial charge in [0.05, 0.1) is 5.69 Å². The summed E-state index contributed by atoms with van der Waals surface area (Å²) in [5.74, 6) is 1.11. The van der Waals surface area contributed by atoms with Crippen molar-refractivity contribution < 1.29 is 9.21 Å². The van der Waals surface area contributed by atoms with Gasteiger partial charge in [0.15, 0.2) is 0 Å². The van der Waals surface area contributed by atoms with Crippen molar-refractivity contribution in [3.8, 4) is 11.5 Å². The molecule has 0 bridgehead atoms. The number of rotatable bonds is 8. The van der Waals surface area contributed by atoms with Gasteiger partial charge in [-0.15, -0.1) is 0 Å². The van der Waals surface area contributed by atoms with Crippen molar-refractivity contribution in [3.05, 3.63) is 77.7 Å². The van der Waals surface area contributed by atoms with Crippen molar-refractivity contribution in [1.29, 1.82) is 0 Å². The van der Waals surface area contributed by atoms with Crippen molar-refractivity contribution in [3.63, 3.8) is 0 Å². The van der Waals surface area contributed by atoms with Crippen LogP contribution in [0.15, 0.2) is 65.1 Å². The zero-order valence-corrected chi connectivity index (χ0v) is 14.9. The average molecular weight is 349 g/mol. The lowest BCUT2D eigenvalue weighted by Gasteiger charge is -2.21. The molecule has 0 saturated carbocycles. The number of nitrogens with zero attached hydrogens (tertiary/aromatic N) is 2. The Morgan fingerprint density at radius 2 is 1.69 bits per heavy atom. The Hall–Kier alpha value is -2.92. The van der Waals surface area contributed by atoms with E-state index < -0.39 is 0 Å². The van der Waals surface area contributed by atoms with Crippen LogP contribution in [0.3, 0.4) is 0 Å². The van der Waals surface area contributed by atoms with Crippen LogP contribution in [0.2, 0.25) is 0 Å². The van der Waals surface area contributed by atoms with Gasteiger partial charge in [0.1, 0.15) is 5.76 Å². The van der Waals surface area contributed by atoms with Crippen LogP contribution in [0.1, 0.15) is 23.4 Å². The zero-order valence-electron chi connectivity index (χ0n) is 14.9. The van der Waals surface area contributed by atoms with E-state index >= 15 is 0 Å². The molecule has 0 radical (unpaired) electrons. The Bertz CT molecular complexity index is 844. The number of amides is 1. The number of hydrogen-bond acceptors (Lipinski definition) is 4. The van der Waals surface area contributed by atoms with Gasteiger partial charge in [0.2, 0.25) is 11.8 Å². The molecule has 0 saturated heterocycles. The number of oxazole rings is 1. The predicted octanol–water partition coefficient (Wildman–Crippen LogP) is 3.53. The maximum Gasteiger partial charge on any atom is 0.226 e. The third kappa shape index (κ3) is 4.80. The molecule has 5 heteroatoms. The van der Waals surface area contributed by atoms with Crippen molar-refractivity contribution >= 4 is 5.91 Å². The molecule has 134 valence electrons. The third-order valence-corrected chi connectivity index (χ3v) is 4.21. The molecule has 1 amide bonds. The lowest BCUT2D eigenvalue weighted by molar-refractivity contribution is -0.118. The van der Waals surface area contributed by atoms with E-state index in [1.54, 1.807) is 0 Å². The number of primary amides is 1. The second-order valence-electron chi connectivity index (χ2n) is 6.30. The Morgan fingerprint density at radius 1 is 1.04 bits per heavy atom. The van der Waals surface area contributed by atoms with Gasteiger partial charge in [-0.1, -0.05) is 48.5 Å². The van der Waals surface area contributed by atoms with Gasteiger partial charge in [-0.3, -0.25) is 9.69 Å². The lowest BCUT2D eigenvalue weighted by atomic mass is 10.2. The zero-order chi connectivity index (χ0) is 18.4. The van der Waals surface area contributed by atoms with Gasteiger partial charge in [-0.05, 0) is 24.6 Å². The molecule has 1 aromatic heterocycles. The summed E-state index contributed by atoms with van der Waals surface area (Å²) >= 11 is 0. The highest BCUT2D eigenvalue weighted by molar-refractivity contribution is 5.73. The van der Waals surface area contributed by atoms with Crippen LogP contribution in [0.25, 0.3) is 11.5 Å². The summed E-state index contributed by atoms with van der Waals surface area (Å²) < 4.78 is 5.85. The molecule has 0 unspecified atom stereocenters. The van der Waals surface area contributed by atoms with Gasteiger partial charge in [-0.2, -0.15) is 0 Å². The molecular formula is C21H23N3O2. The Morgan fingerprint density at radius 3 is 2.35 bits per heavy atom. The van der Waals surface area contributed by atoms with Crippen LogP contribution < -0.4 is 5.73 Å². The molecule has 0 atom stereocenters. The average Bonchev–Trinajstić information content (AvgIpc) is 3.02. The van der Waals surface area contributed by atoms with Crippen LogP contribution in [0, 0.1) is 6.92 Å². The van der Waals surface area contributed by atoms with Crippen LogP contribution in [0.4, 0.5) is 0 Å². The largest absolute Gasteiger partial charge is 0.441 e. The fourth-order valence-electron chi connectivity index (χ4n) is 2.81. The quantitative estimate of drug-likeness (QED) is 0.675. The van der Waals surface area contributed by atoms with Crippen molar-refractivity contribution in [2.75, 3.05) is 6.54 Å². The molecule has 0 aliphatic rings. The smallest absolute Gasteiger partial charge is 0.226 e. The maximum absolute atomic E-state index is 11.2. The fourth-order valence-corrected chi connectivity index (χ4v) is 2.81. The van der Waals surface area contributed by atoms with Gasteiger partial charge in [0, 0.05) is 31.6 Å². The Kier molecular flexibility index (Phi) is 5.81. The van der Waals surface area contributed by atoms with Gasteiger partial charge < -0.3 is 10.2 Å². The number of aryl methyl sites for hydroxylation is 1. The second kappa shape index (κ2) is 8.45.